The molecule has 290 valence electrons. The van der Waals surface area contributed by atoms with E-state index in [0.29, 0.717) is 12.8 Å². The van der Waals surface area contributed by atoms with Crippen LogP contribution in [-0.2, 0) is 28.2 Å². The van der Waals surface area contributed by atoms with Crippen molar-refractivity contribution in [2.45, 2.75) is 187 Å². The number of unbranched alkanes of at least 4 members (excludes halogenated alkanes) is 18. The van der Waals surface area contributed by atoms with Crippen LogP contribution < -0.4 is 0 Å². The van der Waals surface area contributed by atoms with Gasteiger partial charge in [-0.3, -0.25) is 14.1 Å². The van der Waals surface area contributed by atoms with Crippen molar-refractivity contribution in [3.8, 4) is 0 Å². The second-order valence-electron chi connectivity index (χ2n) is 13.2. The second kappa shape index (κ2) is 36.8. The first-order valence-electron chi connectivity index (χ1n) is 19.9. The van der Waals surface area contributed by atoms with E-state index in [1.54, 1.807) is 0 Å². The van der Waals surface area contributed by atoms with Crippen LogP contribution in [0.5, 0.6) is 0 Å². The van der Waals surface area contributed by atoms with Crippen LogP contribution in [-0.4, -0.2) is 41.0 Å². The fraction of sp³-hybridized carbons (Fsp3) is 0.756. The zero-order valence-corrected chi connectivity index (χ0v) is 32.7. The van der Waals surface area contributed by atoms with E-state index in [2.05, 4.69) is 60.9 Å². The predicted octanol–water partition coefficient (Wildman–Crippen LogP) is 12.0. The standard InChI is InChI=1S/C41H73O8P/c1-3-5-7-9-11-13-15-17-19-20-22-23-25-27-29-31-33-35-40(42)47-37-39(38-48-50(44,45)46)49-41(43)36-34-32-30-28-26-24-21-18-16-14-12-10-8-6-4-2/h14,16-17,19,22-23,27,29,39H,3-13,15,18,20-21,24-26,28,30-38H2,1-2H3,(H2,44,45,46)/b16-14-,19-17-,23-22-,29-27-/t39-/m1/s1. The van der Waals surface area contributed by atoms with Crippen molar-refractivity contribution in [2.75, 3.05) is 13.2 Å². The molecule has 0 amide bonds. The minimum Gasteiger partial charge on any atom is -0.462 e. The molecule has 0 unspecified atom stereocenters. The van der Waals surface area contributed by atoms with Crippen LogP contribution in [0.4, 0.5) is 0 Å². The van der Waals surface area contributed by atoms with Crippen LogP contribution in [0.3, 0.4) is 0 Å². The smallest absolute Gasteiger partial charge is 0.462 e. The molecular formula is C41H73O8P. The predicted molar refractivity (Wildman–Crippen MR) is 207 cm³/mol. The minimum absolute atomic E-state index is 0.194. The number of phosphoric acid groups is 1. The number of carbonyl (C=O) groups excluding carboxylic acids is 2. The molecule has 0 aromatic heterocycles. The van der Waals surface area contributed by atoms with Gasteiger partial charge in [-0.2, -0.15) is 0 Å². The van der Waals surface area contributed by atoms with Crippen molar-refractivity contribution in [1.82, 2.24) is 0 Å². The van der Waals surface area contributed by atoms with Crippen molar-refractivity contribution in [3.05, 3.63) is 48.6 Å². The highest BCUT2D eigenvalue weighted by atomic mass is 31.2. The summed E-state index contributed by atoms with van der Waals surface area (Å²) < 4.78 is 26.3. The Balaban J connectivity index is 4.04. The Bertz CT molecular complexity index is 952. The number of carbonyl (C=O) groups is 2. The number of hydrogen-bond donors (Lipinski definition) is 2. The third-order valence-electron chi connectivity index (χ3n) is 8.32. The first-order valence-corrected chi connectivity index (χ1v) is 21.5. The molecule has 9 heteroatoms. The van der Waals surface area contributed by atoms with E-state index in [1.807, 2.05) is 6.08 Å². The van der Waals surface area contributed by atoms with E-state index in [1.165, 1.54) is 89.9 Å². The molecule has 8 nitrogen and oxygen atoms in total. The van der Waals surface area contributed by atoms with Gasteiger partial charge < -0.3 is 19.3 Å². The largest absolute Gasteiger partial charge is 0.469 e. The summed E-state index contributed by atoms with van der Waals surface area (Å²) in [6, 6.07) is 0. The Morgan fingerprint density at radius 3 is 1.44 bits per heavy atom. The van der Waals surface area contributed by atoms with Gasteiger partial charge in [-0.25, -0.2) is 4.57 Å². The van der Waals surface area contributed by atoms with E-state index in [0.717, 1.165) is 51.4 Å². The van der Waals surface area contributed by atoms with Crippen LogP contribution in [0.25, 0.3) is 0 Å². The maximum absolute atomic E-state index is 12.4. The lowest BCUT2D eigenvalue weighted by molar-refractivity contribution is -0.161. The quantitative estimate of drug-likeness (QED) is 0.0284. The molecule has 0 bridgehead atoms. The van der Waals surface area contributed by atoms with Gasteiger partial charge in [-0.1, -0.05) is 146 Å². The molecule has 0 fully saturated rings. The Hall–Kier alpha value is -1.99. The molecular weight excluding hydrogens is 651 g/mol. The molecule has 0 saturated carbocycles. The maximum Gasteiger partial charge on any atom is 0.469 e. The lowest BCUT2D eigenvalue weighted by Crippen LogP contribution is -2.29. The van der Waals surface area contributed by atoms with E-state index in [-0.39, 0.29) is 19.4 Å². The average molecular weight is 725 g/mol. The topological polar surface area (TPSA) is 119 Å². The molecule has 0 aliphatic carbocycles. The van der Waals surface area contributed by atoms with Gasteiger partial charge in [0.15, 0.2) is 6.10 Å². The molecule has 0 aliphatic heterocycles. The van der Waals surface area contributed by atoms with Gasteiger partial charge in [-0.05, 0) is 70.6 Å². The molecule has 0 spiro atoms. The van der Waals surface area contributed by atoms with E-state index >= 15 is 0 Å². The van der Waals surface area contributed by atoms with Crippen LogP contribution in [0, 0.1) is 0 Å². The summed E-state index contributed by atoms with van der Waals surface area (Å²) in [6.45, 7) is 3.61. The van der Waals surface area contributed by atoms with Gasteiger partial charge in [0, 0.05) is 12.8 Å². The third-order valence-corrected chi connectivity index (χ3v) is 8.81. The third kappa shape index (κ3) is 38.8. The Morgan fingerprint density at radius 2 is 0.920 bits per heavy atom. The maximum atomic E-state index is 12.4. The Labute approximate surface area is 305 Å². The van der Waals surface area contributed by atoms with E-state index in [9.17, 15) is 14.2 Å². The molecule has 1 atom stereocenters. The van der Waals surface area contributed by atoms with Crippen molar-refractivity contribution >= 4 is 19.8 Å². The summed E-state index contributed by atoms with van der Waals surface area (Å²) in [6.07, 6.45) is 44.1. The summed E-state index contributed by atoms with van der Waals surface area (Å²) in [5.74, 6) is -0.952. The number of ether oxygens (including phenoxy) is 2. The monoisotopic (exact) mass is 725 g/mol. The molecule has 2 N–H and O–H groups in total. The molecule has 0 rings (SSSR count). The van der Waals surface area contributed by atoms with Crippen molar-refractivity contribution in [1.29, 1.82) is 0 Å². The zero-order valence-electron chi connectivity index (χ0n) is 31.8. The number of rotatable bonds is 36. The first kappa shape index (κ1) is 48.0. The zero-order chi connectivity index (χ0) is 36.8. The Morgan fingerprint density at radius 1 is 0.520 bits per heavy atom. The van der Waals surface area contributed by atoms with Crippen molar-refractivity contribution in [2.24, 2.45) is 0 Å². The molecule has 0 heterocycles. The number of phosphoric ester groups is 1. The number of esters is 2. The van der Waals surface area contributed by atoms with Gasteiger partial charge in [0.25, 0.3) is 0 Å². The molecule has 0 aromatic carbocycles. The SMILES string of the molecule is CCCCCC/C=C\CCCCCCCCCC(=O)O[C@H](COC(=O)CCC/C=C\C/C=C\C/C=C\CCCCCCCC)COP(=O)(O)O. The molecule has 0 saturated heterocycles. The molecule has 0 aliphatic rings. The Kier molecular flexibility index (Phi) is 35.3. The minimum atomic E-state index is -4.76. The fourth-order valence-electron chi connectivity index (χ4n) is 5.32. The van der Waals surface area contributed by atoms with Gasteiger partial charge >= 0.3 is 19.8 Å². The molecule has 0 radical (unpaired) electrons. The van der Waals surface area contributed by atoms with Crippen LogP contribution in [0.1, 0.15) is 181 Å². The van der Waals surface area contributed by atoms with E-state index < -0.39 is 32.5 Å². The summed E-state index contributed by atoms with van der Waals surface area (Å²) in [4.78, 5) is 42.7. The van der Waals surface area contributed by atoms with Crippen LogP contribution in [0.2, 0.25) is 0 Å². The second-order valence-corrected chi connectivity index (χ2v) is 14.5. The number of hydrogen-bond acceptors (Lipinski definition) is 6. The summed E-state index contributed by atoms with van der Waals surface area (Å²) >= 11 is 0. The van der Waals surface area contributed by atoms with E-state index in [4.69, 9.17) is 19.3 Å². The summed E-state index contributed by atoms with van der Waals surface area (Å²) in [5.41, 5.74) is 0. The summed E-state index contributed by atoms with van der Waals surface area (Å²) in [7, 11) is -4.76. The average Bonchev–Trinajstić information content (AvgIpc) is 3.08. The number of allylic oxidation sites excluding steroid dienone is 8. The molecule has 50 heavy (non-hydrogen) atoms. The van der Waals surface area contributed by atoms with Crippen molar-refractivity contribution < 1.29 is 37.9 Å². The van der Waals surface area contributed by atoms with Crippen molar-refractivity contribution in [3.63, 3.8) is 0 Å². The van der Waals surface area contributed by atoms with Gasteiger partial charge in [0.05, 0.1) is 6.61 Å². The van der Waals surface area contributed by atoms with Crippen LogP contribution >= 0.6 is 7.82 Å². The van der Waals surface area contributed by atoms with Gasteiger partial charge in [0.1, 0.15) is 6.61 Å². The van der Waals surface area contributed by atoms with Crippen LogP contribution in [0.15, 0.2) is 48.6 Å². The highest BCUT2D eigenvalue weighted by Gasteiger charge is 2.22. The molecule has 0 aromatic rings. The van der Waals surface area contributed by atoms with Gasteiger partial charge in [0.2, 0.25) is 0 Å². The highest BCUT2D eigenvalue weighted by Crippen LogP contribution is 2.36. The highest BCUT2D eigenvalue weighted by molar-refractivity contribution is 7.46. The normalized spacial score (nSPS) is 13.0. The summed E-state index contributed by atoms with van der Waals surface area (Å²) in [5, 5.41) is 0. The lowest BCUT2D eigenvalue weighted by Gasteiger charge is -2.18. The first-order chi connectivity index (χ1) is 24.3. The lowest BCUT2D eigenvalue weighted by atomic mass is 10.1. The van der Waals surface area contributed by atoms with Gasteiger partial charge in [-0.15, -0.1) is 0 Å². The fourth-order valence-corrected chi connectivity index (χ4v) is 5.68.